The van der Waals surface area contributed by atoms with E-state index in [9.17, 15) is 9.59 Å². The van der Waals surface area contributed by atoms with Crippen molar-refractivity contribution in [2.75, 3.05) is 11.5 Å². The van der Waals surface area contributed by atoms with E-state index in [-0.39, 0.29) is 11.8 Å². The molecule has 1 aromatic rings. The van der Waals surface area contributed by atoms with Gasteiger partial charge in [-0.3, -0.25) is 14.9 Å². The van der Waals surface area contributed by atoms with E-state index in [1.165, 1.54) is 0 Å². The van der Waals surface area contributed by atoms with Gasteiger partial charge < -0.3 is 0 Å². The quantitative estimate of drug-likeness (QED) is 0.673. The molecular formula is C12H13NO2S2. The highest BCUT2D eigenvalue weighted by Crippen LogP contribution is 2.33. The molecule has 1 aromatic carbocycles. The molecule has 0 spiro atoms. The van der Waals surface area contributed by atoms with Crippen LogP contribution in [-0.2, 0) is 0 Å². The molecule has 0 atom stereocenters. The third kappa shape index (κ3) is 2.35. The van der Waals surface area contributed by atoms with E-state index >= 15 is 0 Å². The molecule has 0 fully saturated rings. The summed E-state index contributed by atoms with van der Waals surface area (Å²) in [6.45, 7) is 4.10. The highest BCUT2D eigenvalue weighted by Gasteiger charge is 2.30. The number of benzene rings is 1. The summed E-state index contributed by atoms with van der Waals surface area (Å²) in [6, 6.07) is 3.81. The van der Waals surface area contributed by atoms with E-state index in [2.05, 4.69) is 12.2 Å². The third-order valence-corrected chi connectivity index (χ3v) is 4.16. The lowest BCUT2D eigenvalue weighted by molar-refractivity contribution is 0.0879. The van der Waals surface area contributed by atoms with Gasteiger partial charge in [0.2, 0.25) is 0 Å². The van der Waals surface area contributed by atoms with Crippen LogP contribution in [0.15, 0.2) is 21.9 Å². The van der Waals surface area contributed by atoms with Crippen molar-refractivity contribution in [1.29, 1.82) is 0 Å². The average Bonchev–Trinajstić information content (AvgIpc) is 2.56. The summed E-state index contributed by atoms with van der Waals surface area (Å²) in [5.41, 5.74) is 1.06. The number of imide groups is 1. The Morgan fingerprint density at radius 1 is 1.06 bits per heavy atom. The second kappa shape index (κ2) is 5.14. The predicted octanol–water partition coefficient (Wildman–Crippen LogP) is 2.79. The molecule has 0 saturated carbocycles. The van der Waals surface area contributed by atoms with Crippen LogP contribution in [0.4, 0.5) is 0 Å². The molecule has 5 heteroatoms. The van der Waals surface area contributed by atoms with E-state index in [1.807, 2.05) is 19.1 Å². The zero-order valence-corrected chi connectivity index (χ0v) is 11.3. The second-order valence-electron chi connectivity index (χ2n) is 3.49. The molecule has 0 aromatic heterocycles. The lowest BCUT2D eigenvalue weighted by Gasteiger charge is -2.07. The molecule has 0 radical (unpaired) electrons. The Morgan fingerprint density at radius 3 is 2.41 bits per heavy atom. The minimum absolute atomic E-state index is 0.269. The SMILES string of the molecule is CCSc1cc(SCC)c2c(c1)C(=O)NC2=O. The standard InChI is InChI=1S/C12H13NO2S2/c1-3-16-7-5-8-10(9(6-7)17-4-2)12(15)13-11(8)14/h5-6H,3-4H2,1-2H3,(H,13,14,15). The van der Waals surface area contributed by atoms with Gasteiger partial charge in [0, 0.05) is 9.79 Å². The lowest BCUT2D eigenvalue weighted by atomic mass is 10.1. The topological polar surface area (TPSA) is 46.2 Å². The molecule has 1 heterocycles. The van der Waals surface area contributed by atoms with Crippen molar-refractivity contribution in [3.8, 4) is 0 Å². The van der Waals surface area contributed by atoms with Crippen molar-refractivity contribution in [3.05, 3.63) is 23.3 Å². The zero-order valence-electron chi connectivity index (χ0n) is 9.70. The second-order valence-corrected chi connectivity index (χ2v) is 6.14. The van der Waals surface area contributed by atoms with Gasteiger partial charge in [-0.1, -0.05) is 13.8 Å². The number of carbonyl (C=O) groups excluding carboxylic acids is 2. The van der Waals surface area contributed by atoms with Gasteiger partial charge >= 0.3 is 0 Å². The number of hydrogen-bond donors (Lipinski definition) is 1. The first kappa shape index (κ1) is 12.5. The molecule has 2 amide bonds. The van der Waals surface area contributed by atoms with Crippen LogP contribution < -0.4 is 5.32 Å². The maximum atomic E-state index is 11.7. The van der Waals surface area contributed by atoms with E-state index < -0.39 is 0 Å². The van der Waals surface area contributed by atoms with E-state index in [1.54, 1.807) is 23.5 Å². The molecule has 0 bridgehead atoms. The number of hydrogen-bond acceptors (Lipinski definition) is 4. The molecule has 1 aliphatic heterocycles. The number of carbonyl (C=O) groups is 2. The van der Waals surface area contributed by atoms with Gasteiger partial charge in [0.15, 0.2) is 0 Å². The van der Waals surface area contributed by atoms with Crippen LogP contribution in [-0.4, -0.2) is 23.3 Å². The van der Waals surface area contributed by atoms with Gasteiger partial charge in [0.25, 0.3) is 11.8 Å². The van der Waals surface area contributed by atoms with Gasteiger partial charge in [0.1, 0.15) is 0 Å². The van der Waals surface area contributed by atoms with Crippen molar-refractivity contribution >= 4 is 35.3 Å². The molecule has 90 valence electrons. The Balaban J connectivity index is 2.53. The largest absolute Gasteiger partial charge is 0.288 e. The number of rotatable bonds is 4. The maximum Gasteiger partial charge on any atom is 0.260 e. The monoisotopic (exact) mass is 267 g/mol. The van der Waals surface area contributed by atoms with Crippen molar-refractivity contribution in [2.45, 2.75) is 23.6 Å². The van der Waals surface area contributed by atoms with Crippen molar-refractivity contribution < 1.29 is 9.59 Å². The molecule has 3 nitrogen and oxygen atoms in total. The number of nitrogens with one attached hydrogen (secondary N) is 1. The van der Waals surface area contributed by atoms with E-state index in [4.69, 9.17) is 0 Å². The summed E-state index contributed by atoms with van der Waals surface area (Å²) in [5, 5.41) is 2.35. The van der Waals surface area contributed by atoms with Crippen LogP contribution in [0.1, 0.15) is 34.6 Å². The molecule has 1 N–H and O–H groups in total. The Bertz CT molecular complexity index is 486. The summed E-state index contributed by atoms with van der Waals surface area (Å²) in [4.78, 5) is 25.3. The average molecular weight is 267 g/mol. The summed E-state index contributed by atoms with van der Waals surface area (Å²) in [6.07, 6.45) is 0. The number of fused-ring (bicyclic) bond motifs is 1. The van der Waals surface area contributed by atoms with Crippen LogP contribution in [0.25, 0.3) is 0 Å². The van der Waals surface area contributed by atoms with Gasteiger partial charge in [-0.15, -0.1) is 23.5 Å². The van der Waals surface area contributed by atoms with Gasteiger partial charge in [-0.25, -0.2) is 0 Å². The minimum Gasteiger partial charge on any atom is -0.288 e. The molecule has 2 rings (SSSR count). The number of thioether (sulfide) groups is 2. The first-order chi connectivity index (χ1) is 8.17. The summed E-state index contributed by atoms with van der Waals surface area (Å²) in [5.74, 6) is 1.29. The maximum absolute atomic E-state index is 11.7. The highest BCUT2D eigenvalue weighted by molar-refractivity contribution is 8.00. The molecule has 0 saturated heterocycles. The summed E-state index contributed by atoms with van der Waals surface area (Å²) in [7, 11) is 0. The minimum atomic E-state index is -0.276. The van der Waals surface area contributed by atoms with E-state index in [0.717, 1.165) is 21.3 Å². The Hall–Kier alpha value is -0.940. The van der Waals surface area contributed by atoms with Crippen LogP contribution in [0.5, 0.6) is 0 Å². The van der Waals surface area contributed by atoms with Crippen molar-refractivity contribution in [1.82, 2.24) is 5.32 Å². The van der Waals surface area contributed by atoms with Crippen LogP contribution in [0, 0.1) is 0 Å². The Labute approximate surface area is 109 Å². The van der Waals surface area contributed by atoms with Crippen molar-refractivity contribution in [2.24, 2.45) is 0 Å². The van der Waals surface area contributed by atoms with Crippen LogP contribution in [0.3, 0.4) is 0 Å². The summed E-state index contributed by atoms with van der Waals surface area (Å²) >= 11 is 3.28. The first-order valence-electron chi connectivity index (χ1n) is 5.46. The molecule has 1 aliphatic rings. The van der Waals surface area contributed by atoms with Gasteiger partial charge in [-0.2, -0.15) is 0 Å². The Kier molecular flexibility index (Phi) is 3.79. The van der Waals surface area contributed by atoms with E-state index in [0.29, 0.717) is 11.1 Å². The lowest BCUT2D eigenvalue weighted by Crippen LogP contribution is -2.20. The number of amides is 2. The molecular weight excluding hydrogens is 254 g/mol. The highest BCUT2D eigenvalue weighted by atomic mass is 32.2. The Morgan fingerprint density at radius 2 is 1.76 bits per heavy atom. The first-order valence-corrected chi connectivity index (χ1v) is 7.43. The zero-order chi connectivity index (χ0) is 12.4. The molecule has 17 heavy (non-hydrogen) atoms. The fourth-order valence-electron chi connectivity index (χ4n) is 1.76. The molecule has 0 unspecified atom stereocenters. The smallest absolute Gasteiger partial charge is 0.260 e. The third-order valence-electron chi connectivity index (χ3n) is 2.39. The fourth-order valence-corrected chi connectivity index (χ4v) is 3.43. The summed E-state index contributed by atoms with van der Waals surface area (Å²) < 4.78 is 0. The predicted molar refractivity (Wildman–Crippen MR) is 71.0 cm³/mol. The molecule has 0 aliphatic carbocycles. The van der Waals surface area contributed by atoms with Crippen LogP contribution in [0.2, 0.25) is 0 Å². The van der Waals surface area contributed by atoms with Crippen LogP contribution >= 0.6 is 23.5 Å². The van der Waals surface area contributed by atoms with Gasteiger partial charge in [-0.05, 0) is 23.6 Å². The van der Waals surface area contributed by atoms with Crippen molar-refractivity contribution in [3.63, 3.8) is 0 Å². The fraction of sp³-hybridized carbons (Fsp3) is 0.333. The normalized spacial score (nSPS) is 13.8. The van der Waals surface area contributed by atoms with Gasteiger partial charge in [0.05, 0.1) is 11.1 Å².